The normalized spacial score (nSPS) is 14.8. The number of carbonyl (C=O) groups is 4. The molecule has 2 N–H and O–H groups in total. The van der Waals surface area contributed by atoms with Crippen molar-refractivity contribution in [3.63, 3.8) is 0 Å². The molecule has 272 valence electrons. The Bertz CT molecular complexity index is 2010. The largest absolute Gasteiger partial charge is 0.444 e. The molecule has 5 aromatic carbocycles. The van der Waals surface area contributed by atoms with Gasteiger partial charge in [-0.05, 0) is 52.8 Å². The number of guanidine groups is 1. The van der Waals surface area contributed by atoms with Crippen LogP contribution in [0.15, 0.2) is 157 Å². The number of β-lactam (4-membered cyclic amide) rings is 1. The van der Waals surface area contributed by atoms with Crippen molar-refractivity contribution in [3.05, 3.63) is 174 Å². The Balaban J connectivity index is 1.11. The van der Waals surface area contributed by atoms with E-state index in [1.807, 2.05) is 146 Å². The van der Waals surface area contributed by atoms with Gasteiger partial charge in [-0.25, -0.2) is 9.59 Å². The Morgan fingerprint density at radius 1 is 0.648 bits per heavy atom. The smallest absolute Gasteiger partial charge is 0.414 e. The number of nitrogens with one attached hydrogen (secondary N) is 2. The van der Waals surface area contributed by atoms with Gasteiger partial charge in [-0.1, -0.05) is 146 Å². The van der Waals surface area contributed by atoms with Gasteiger partial charge in [0.1, 0.15) is 13.2 Å². The number of aliphatic imine (C=N–C) groups is 1. The Morgan fingerprint density at radius 3 is 1.70 bits per heavy atom. The van der Waals surface area contributed by atoms with E-state index in [1.165, 1.54) is 4.90 Å². The highest BCUT2D eigenvalue weighted by Crippen LogP contribution is 2.34. The summed E-state index contributed by atoms with van der Waals surface area (Å²) in [6, 6.07) is 44.7. The van der Waals surface area contributed by atoms with Crippen molar-refractivity contribution in [2.75, 3.05) is 6.54 Å². The lowest BCUT2D eigenvalue weighted by atomic mass is 9.82. The number of carbonyl (C=O) groups excluding carboxylic acids is 4. The van der Waals surface area contributed by atoms with E-state index < -0.39 is 24.1 Å². The summed E-state index contributed by atoms with van der Waals surface area (Å²) in [6.07, 6.45) is 3.01. The summed E-state index contributed by atoms with van der Waals surface area (Å²) in [6.45, 7) is 0.194. The lowest BCUT2D eigenvalue weighted by Gasteiger charge is -2.44. The summed E-state index contributed by atoms with van der Waals surface area (Å²) in [5, 5.41) is 4.98. The fourth-order valence-electron chi connectivity index (χ4n) is 5.99. The molecule has 0 aliphatic carbocycles. The first-order valence-electron chi connectivity index (χ1n) is 17.7. The van der Waals surface area contributed by atoms with Crippen molar-refractivity contribution in [1.29, 1.82) is 0 Å². The van der Waals surface area contributed by atoms with Crippen LogP contribution in [0, 0.1) is 5.92 Å². The van der Waals surface area contributed by atoms with Gasteiger partial charge in [-0.15, -0.1) is 0 Å². The fourth-order valence-corrected chi connectivity index (χ4v) is 5.99. The van der Waals surface area contributed by atoms with Crippen molar-refractivity contribution in [2.24, 2.45) is 10.9 Å². The van der Waals surface area contributed by atoms with Crippen molar-refractivity contribution in [1.82, 2.24) is 15.5 Å². The molecule has 54 heavy (non-hydrogen) atoms. The minimum absolute atomic E-state index is 0.0203. The average molecular weight is 721 g/mol. The van der Waals surface area contributed by atoms with E-state index in [0.29, 0.717) is 18.4 Å². The molecule has 5 aromatic rings. The maximum atomic E-state index is 13.7. The maximum absolute atomic E-state index is 13.7. The second-order valence-corrected chi connectivity index (χ2v) is 12.6. The Morgan fingerprint density at radius 2 is 1.15 bits per heavy atom. The molecule has 1 aliphatic heterocycles. The number of likely N-dealkylation sites (tertiary alicyclic amines) is 1. The van der Waals surface area contributed by atoms with Crippen LogP contribution in [-0.4, -0.2) is 47.4 Å². The fraction of sp³-hybridized carbons (Fsp3) is 0.159. The summed E-state index contributed by atoms with van der Waals surface area (Å²) >= 11 is 0. The zero-order valence-electron chi connectivity index (χ0n) is 29.5. The van der Waals surface area contributed by atoms with Crippen molar-refractivity contribution < 1.29 is 28.7 Å². The molecule has 6 rings (SSSR count). The molecule has 4 amide bonds. The number of ether oxygens (including phenoxy) is 2. The van der Waals surface area contributed by atoms with E-state index in [-0.39, 0.29) is 37.5 Å². The lowest BCUT2D eigenvalue weighted by Crippen LogP contribution is -2.62. The Labute approximate surface area is 314 Å². The molecule has 0 saturated carbocycles. The Kier molecular flexibility index (Phi) is 12.7. The lowest BCUT2D eigenvalue weighted by molar-refractivity contribution is -0.148. The van der Waals surface area contributed by atoms with E-state index >= 15 is 0 Å². The number of alkyl carbamates (subject to hydrolysis) is 2. The van der Waals surface area contributed by atoms with Crippen LogP contribution < -0.4 is 10.6 Å². The summed E-state index contributed by atoms with van der Waals surface area (Å²) < 4.78 is 10.6. The predicted octanol–water partition coefficient (Wildman–Crippen LogP) is 8.02. The number of amides is 4. The molecule has 1 saturated heterocycles. The van der Waals surface area contributed by atoms with Gasteiger partial charge in [0, 0.05) is 12.1 Å². The molecule has 1 heterocycles. The quantitative estimate of drug-likeness (QED) is 0.0442. The van der Waals surface area contributed by atoms with Gasteiger partial charge in [0.2, 0.25) is 11.9 Å². The van der Waals surface area contributed by atoms with Crippen LogP contribution in [0.2, 0.25) is 0 Å². The minimum atomic E-state index is -0.813. The first-order chi connectivity index (χ1) is 26.4. The number of hydrogen-bond acceptors (Lipinski definition) is 7. The van der Waals surface area contributed by atoms with Gasteiger partial charge in [0.05, 0.1) is 12.0 Å². The van der Waals surface area contributed by atoms with E-state index in [0.717, 1.165) is 27.8 Å². The number of imide groups is 1. The molecule has 0 spiro atoms. The van der Waals surface area contributed by atoms with Crippen LogP contribution in [0.3, 0.4) is 0 Å². The third-order valence-electron chi connectivity index (χ3n) is 8.82. The molecule has 0 aromatic heterocycles. The molecule has 10 heteroatoms. The monoisotopic (exact) mass is 720 g/mol. The van der Waals surface area contributed by atoms with Crippen LogP contribution in [0.5, 0.6) is 0 Å². The van der Waals surface area contributed by atoms with E-state index in [4.69, 9.17) is 9.47 Å². The van der Waals surface area contributed by atoms with Crippen LogP contribution in [0.1, 0.15) is 39.9 Å². The van der Waals surface area contributed by atoms with E-state index in [9.17, 15) is 19.2 Å². The molecule has 10 nitrogen and oxygen atoms in total. The first-order valence-corrected chi connectivity index (χ1v) is 17.7. The maximum Gasteiger partial charge on any atom is 0.414 e. The average Bonchev–Trinajstić information content (AvgIpc) is 3.22. The number of rotatable bonds is 12. The van der Waals surface area contributed by atoms with Crippen LogP contribution in [-0.2, 0) is 27.5 Å². The van der Waals surface area contributed by atoms with E-state index in [1.54, 1.807) is 12.1 Å². The third-order valence-corrected chi connectivity index (χ3v) is 8.82. The van der Waals surface area contributed by atoms with Gasteiger partial charge in [0.15, 0.2) is 0 Å². The van der Waals surface area contributed by atoms with Crippen LogP contribution in [0.25, 0.3) is 17.2 Å². The molecule has 1 fully saturated rings. The molecule has 0 radical (unpaired) electrons. The van der Waals surface area contributed by atoms with Crippen molar-refractivity contribution in [3.8, 4) is 11.1 Å². The molecular formula is C44H40N4O6. The Hall–Kier alpha value is -6.81. The van der Waals surface area contributed by atoms with Gasteiger partial charge in [-0.3, -0.25) is 30.1 Å². The van der Waals surface area contributed by atoms with Gasteiger partial charge in [0.25, 0.3) is 5.91 Å². The standard InChI is InChI=1S/C44H40N4O6/c49-40(37-26-24-36(25-27-37)35-20-11-4-12-21-35)48-39(28-23-32-14-5-1-6-15-32)38(41(48)50)22-13-29-45-42(46-43(51)53-30-33-16-7-2-8-17-33)47-44(52)54-31-34-18-9-3-10-19-34/h1-12,14-21,23-28,38-39H,13,22,29-31H2,(H2,45,46,47,51,52)/t38-,39-/m1/s1. The number of nitrogens with zero attached hydrogens (tertiary/aromatic N) is 2. The minimum Gasteiger partial charge on any atom is -0.444 e. The third kappa shape index (κ3) is 10.2. The second kappa shape index (κ2) is 18.6. The molecule has 2 atom stereocenters. The topological polar surface area (TPSA) is 126 Å². The summed E-state index contributed by atoms with van der Waals surface area (Å²) in [5.41, 5.74) is 4.95. The molecular weight excluding hydrogens is 681 g/mol. The predicted molar refractivity (Wildman–Crippen MR) is 207 cm³/mol. The van der Waals surface area contributed by atoms with Gasteiger partial charge in [-0.2, -0.15) is 0 Å². The van der Waals surface area contributed by atoms with E-state index in [2.05, 4.69) is 15.6 Å². The first kappa shape index (κ1) is 37.0. The highest BCUT2D eigenvalue weighted by Gasteiger charge is 2.48. The van der Waals surface area contributed by atoms with Gasteiger partial charge < -0.3 is 9.47 Å². The number of hydrogen-bond donors (Lipinski definition) is 2. The van der Waals surface area contributed by atoms with Gasteiger partial charge >= 0.3 is 12.2 Å². The van der Waals surface area contributed by atoms with Crippen molar-refractivity contribution in [2.45, 2.75) is 32.1 Å². The van der Waals surface area contributed by atoms with Crippen LogP contribution in [0.4, 0.5) is 9.59 Å². The SMILES string of the molecule is O=C(NC(=NCCC[C@H]1C(=O)N(C(=O)c2ccc(-c3ccccc3)cc2)[C@@H]1C=Cc1ccccc1)NC(=O)OCc1ccccc1)OCc1ccccc1. The van der Waals surface area contributed by atoms with Crippen molar-refractivity contribution >= 4 is 36.0 Å². The molecule has 0 unspecified atom stereocenters. The highest BCUT2D eigenvalue weighted by atomic mass is 16.6. The second-order valence-electron chi connectivity index (χ2n) is 12.6. The van der Waals surface area contributed by atoms with Crippen LogP contribution >= 0.6 is 0 Å². The summed E-state index contributed by atoms with van der Waals surface area (Å²) in [5.74, 6) is -1.26. The zero-order valence-corrected chi connectivity index (χ0v) is 29.5. The summed E-state index contributed by atoms with van der Waals surface area (Å²) in [4.78, 5) is 58.3. The highest BCUT2D eigenvalue weighted by molar-refractivity contribution is 6.10. The zero-order chi connectivity index (χ0) is 37.5. The molecule has 0 bridgehead atoms. The summed E-state index contributed by atoms with van der Waals surface area (Å²) in [7, 11) is 0. The molecule has 1 aliphatic rings. The number of benzene rings is 5.